The van der Waals surface area contributed by atoms with Crippen LogP contribution >= 0.6 is 11.6 Å². The number of allylic oxidation sites excluding steroid dienone is 2. The average Bonchev–Trinajstić information content (AvgIpc) is 3.16. The van der Waals surface area contributed by atoms with Crippen LogP contribution in [0.25, 0.3) is 22.2 Å². The lowest BCUT2D eigenvalue weighted by atomic mass is 9.89. The van der Waals surface area contributed by atoms with Crippen molar-refractivity contribution in [3.05, 3.63) is 95.4 Å². The van der Waals surface area contributed by atoms with Crippen LogP contribution in [0.2, 0.25) is 5.02 Å². The van der Waals surface area contributed by atoms with Gasteiger partial charge in [-0.05, 0) is 67.5 Å². The molecular weight excluding hydrogens is 407 g/mol. The van der Waals surface area contributed by atoms with Crippen molar-refractivity contribution in [1.82, 2.24) is 9.88 Å². The smallest absolute Gasteiger partial charge is 0.123 e. The highest BCUT2D eigenvalue weighted by atomic mass is 35.5. The third kappa shape index (κ3) is 4.47. The zero-order valence-electron chi connectivity index (χ0n) is 18.0. The lowest BCUT2D eigenvalue weighted by Gasteiger charge is -2.35. The first kappa shape index (κ1) is 21.5. The molecule has 4 heteroatoms. The van der Waals surface area contributed by atoms with Crippen LogP contribution in [0.4, 0.5) is 4.39 Å². The van der Waals surface area contributed by atoms with E-state index in [4.69, 9.17) is 11.6 Å². The zero-order chi connectivity index (χ0) is 22.1. The maximum Gasteiger partial charge on any atom is 0.123 e. The fraction of sp³-hybridized carbons (Fsp3) is 0.259. The Balaban J connectivity index is 1.48. The number of nitrogens with one attached hydrogen (secondary N) is 1. The van der Waals surface area contributed by atoms with E-state index in [0.29, 0.717) is 10.9 Å². The van der Waals surface area contributed by atoms with E-state index in [-0.39, 0.29) is 5.82 Å². The summed E-state index contributed by atoms with van der Waals surface area (Å²) in [6.07, 6.45) is 5.12. The number of hydrogen-bond acceptors (Lipinski definition) is 1. The van der Waals surface area contributed by atoms with Crippen LogP contribution in [0.15, 0.2) is 67.9 Å². The standard InChI is InChI=1S/C27H28ClFN2/c1-17(2)18(3)25-16-30-27-15-26(28)23(14-24(25)27)19(4)31-11-9-21(10-12-31)13-20-5-7-22(29)8-6-20/h5-8,14-16,21,30H,1,3-4,9-13H2,2H3. The minimum absolute atomic E-state index is 0.180. The van der Waals surface area contributed by atoms with Crippen molar-refractivity contribution < 1.29 is 4.39 Å². The number of rotatable bonds is 6. The lowest BCUT2D eigenvalue weighted by Crippen LogP contribution is -2.33. The highest BCUT2D eigenvalue weighted by Crippen LogP contribution is 2.36. The molecule has 4 rings (SSSR count). The average molecular weight is 435 g/mol. The number of fused-ring (bicyclic) bond motifs is 1. The van der Waals surface area contributed by atoms with E-state index < -0.39 is 0 Å². The van der Waals surface area contributed by atoms with Gasteiger partial charge in [0.1, 0.15) is 5.82 Å². The summed E-state index contributed by atoms with van der Waals surface area (Å²) in [4.78, 5) is 5.62. The van der Waals surface area contributed by atoms with Gasteiger partial charge in [0.05, 0.1) is 5.02 Å². The number of aromatic amines is 1. The van der Waals surface area contributed by atoms with Gasteiger partial charge in [-0.25, -0.2) is 4.39 Å². The number of aromatic nitrogens is 1. The van der Waals surface area contributed by atoms with Gasteiger partial charge in [0, 0.05) is 47.0 Å². The highest BCUT2D eigenvalue weighted by Gasteiger charge is 2.22. The topological polar surface area (TPSA) is 19.0 Å². The first-order chi connectivity index (χ1) is 14.8. The maximum absolute atomic E-state index is 13.1. The summed E-state index contributed by atoms with van der Waals surface area (Å²) in [5.74, 6) is 0.420. The van der Waals surface area contributed by atoms with Crippen molar-refractivity contribution in [3.63, 3.8) is 0 Å². The van der Waals surface area contributed by atoms with E-state index in [1.165, 1.54) is 5.56 Å². The first-order valence-corrected chi connectivity index (χ1v) is 11.1. The summed E-state index contributed by atoms with van der Waals surface area (Å²) < 4.78 is 13.1. The molecule has 0 spiro atoms. The number of piperidine rings is 1. The van der Waals surface area contributed by atoms with Gasteiger partial charge in [-0.3, -0.25) is 0 Å². The molecule has 0 atom stereocenters. The summed E-state index contributed by atoms with van der Waals surface area (Å²) in [7, 11) is 0. The molecule has 2 aromatic carbocycles. The van der Waals surface area contributed by atoms with Crippen LogP contribution in [0.1, 0.15) is 36.5 Å². The van der Waals surface area contributed by atoms with Gasteiger partial charge in [0.2, 0.25) is 0 Å². The second-order valence-electron chi connectivity index (χ2n) is 8.55. The van der Waals surface area contributed by atoms with Crippen molar-refractivity contribution >= 4 is 33.8 Å². The molecule has 160 valence electrons. The Morgan fingerprint density at radius 2 is 1.77 bits per heavy atom. The van der Waals surface area contributed by atoms with Crippen LogP contribution in [-0.4, -0.2) is 23.0 Å². The molecule has 1 fully saturated rings. The molecule has 0 radical (unpaired) electrons. The van der Waals surface area contributed by atoms with Gasteiger partial charge in [-0.1, -0.05) is 49.0 Å². The molecule has 2 heterocycles. The Morgan fingerprint density at radius 3 is 2.42 bits per heavy atom. The first-order valence-electron chi connectivity index (χ1n) is 10.7. The fourth-order valence-electron chi connectivity index (χ4n) is 4.38. The SMILES string of the molecule is C=C(C)C(=C)c1c[nH]c2cc(Cl)c(C(=C)N3CCC(Cc4ccc(F)cc4)CC3)cc12. The third-order valence-corrected chi connectivity index (χ3v) is 6.67. The van der Waals surface area contributed by atoms with E-state index in [0.717, 1.165) is 71.2 Å². The van der Waals surface area contributed by atoms with Gasteiger partial charge in [-0.15, -0.1) is 0 Å². The number of halogens is 2. The van der Waals surface area contributed by atoms with Crippen LogP contribution in [0.5, 0.6) is 0 Å². The molecule has 0 unspecified atom stereocenters. The third-order valence-electron chi connectivity index (χ3n) is 6.35. The summed E-state index contributed by atoms with van der Waals surface area (Å²) in [6.45, 7) is 16.4. The minimum Gasteiger partial charge on any atom is -0.371 e. The zero-order valence-corrected chi connectivity index (χ0v) is 18.7. The lowest BCUT2D eigenvalue weighted by molar-refractivity contribution is 0.254. The van der Waals surface area contributed by atoms with Crippen molar-refractivity contribution in [1.29, 1.82) is 0 Å². The van der Waals surface area contributed by atoms with Crippen molar-refractivity contribution in [3.8, 4) is 0 Å². The Hall–Kier alpha value is -2.78. The molecule has 0 aliphatic carbocycles. The molecule has 1 aliphatic heterocycles. The molecule has 0 bridgehead atoms. The second-order valence-corrected chi connectivity index (χ2v) is 8.95. The van der Waals surface area contributed by atoms with Crippen molar-refractivity contribution in [2.45, 2.75) is 26.2 Å². The van der Waals surface area contributed by atoms with E-state index in [1.54, 1.807) is 12.1 Å². The predicted octanol–water partition coefficient (Wildman–Crippen LogP) is 7.48. The number of nitrogens with zero attached hydrogens (tertiary/aromatic N) is 1. The molecule has 1 aromatic heterocycles. The van der Waals surface area contributed by atoms with Crippen LogP contribution < -0.4 is 0 Å². The molecule has 1 saturated heterocycles. The number of H-pyrrole nitrogens is 1. The normalized spacial score (nSPS) is 14.7. The van der Waals surface area contributed by atoms with Gasteiger partial charge in [0.25, 0.3) is 0 Å². The monoisotopic (exact) mass is 434 g/mol. The Morgan fingerprint density at radius 1 is 1.10 bits per heavy atom. The Labute approximate surface area is 188 Å². The van der Waals surface area contributed by atoms with Gasteiger partial charge in [-0.2, -0.15) is 0 Å². The van der Waals surface area contributed by atoms with Crippen LogP contribution in [0.3, 0.4) is 0 Å². The van der Waals surface area contributed by atoms with Crippen molar-refractivity contribution in [2.75, 3.05) is 13.1 Å². The van der Waals surface area contributed by atoms with Gasteiger partial charge in [0.15, 0.2) is 0 Å². The van der Waals surface area contributed by atoms with E-state index in [2.05, 4.69) is 35.7 Å². The fourth-order valence-corrected chi connectivity index (χ4v) is 4.65. The molecule has 1 N–H and O–H groups in total. The molecule has 2 nitrogen and oxygen atoms in total. The van der Waals surface area contributed by atoms with Crippen LogP contribution in [0, 0.1) is 11.7 Å². The molecule has 3 aromatic rings. The quantitative estimate of drug-likeness (QED) is 0.398. The molecule has 0 saturated carbocycles. The molecular formula is C27H28ClFN2. The summed E-state index contributed by atoms with van der Waals surface area (Å²) in [5.41, 5.74) is 7.01. The highest BCUT2D eigenvalue weighted by molar-refractivity contribution is 6.33. The molecule has 1 aliphatic rings. The van der Waals surface area contributed by atoms with E-state index >= 15 is 0 Å². The summed E-state index contributed by atoms with van der Waals surface area (Å²) in [6, 6.07) is 11.0. The molecule has 31 heavy (non-hydrogen) atoms. The van der Waals surface area contributed by atoms with E-state index in [9.17, 15) is 4.39 Å². The van der Waals surface area contributed by atoms with Crippen LogP contribution in [-0.2, 0) is 6.42 Å². The largest absolute Gasteiger partial charge is 0.371 e. The Kier molecular flexibility index (Phi) is 6.06. The molecule has 0 amide bonds. The number of likely N-dealkylation sites (tertiary alicyclic amines) is 1. The predicted molar refractivity (Wildman–Crippen MR) is 131 cm³/mol. The van der Waals surface area contributed by atoms with Crippen molar-refractivity contribution in [2.24, 2.45) is 5.92 Å². The second kappa shape index (κ2) is 8.76. The summed E-state index contributed by atoms with van der Waals surface area (Å²) in [5, 5.41) is 1.78. The van der Waals surface area contributed by atoms with E-state index in [1.807, 2.05) is 31.3 Å². The number of hydrogen-bond donors (Lipinski definition) is 1. The minimum atomic E-state index is -0.180. The number of benzene rings is 2. The van der Waals surface area contributed by atoms with Gasteiger partial charge >= 0.3 is 0 Å². The van der Waals surface area contributed by atoms with Gasteiger partial charge < -0.3 is 9.88 Å². The maximum atomic E-state index is 13.1. The summed E-state index contributed by atoms with van der Waals surface area (Å²) >= 11 is 6.64. The Bertz CT molecular complexity index is 1150.